The summed E-state index contributed by atoms with van der Waals surface area (Å²) in [6.45, 7) is 5.82. The third-order valence-electron chi connectivity index (χ3n) is 1.09. The van der Waals surface area contributed by atoms with E-state index in [-0.39, 0.29) is 0 Å². The number of likely N-dealkylation sites (N-methyl/N-ethyl adjacent to an activating group) is 1. The molecule has 2 heteroatoms. The standard InChI is InChI=1S/C6H14NO/c1-4-7(2)5-6-8-3/h4H,5-6H2,1-3H3. The van der Waals surface area contributed by atoms with Crippen LogP contribution in [0.15, 0.2) is 0 Å². The van der Waals surface area contributed by atoms with Crippen molar-refractivity contribution in [2.75, 3.05) is 27.3 Å². The van der Waals surface area contributed by atoms with Crippen LogP contribution in [0.25, 0.3) is 0 Å². The van der Waals surface area contributed by atoms with Crippen LogP contribution >= 0.6 is 0 Å². The number of methoxy groups -OCH3 is 1. The van der Waals surface area contributed by atoms with E-state index in [1.54, 1.807) is 7.11 Å². The number of nitrogens with zero attached hydrogens (tertiary/aromatic N) is 1. The average Bonchev–Trinajstić information content (AvgIpc) is 1.83. The first-order chi connectivity index (χ1) is 3.81. The van der Waals surface area contributed by atoms with Crippen molar-refractivity contribution in [1.82, 2.24) is 4.90 Å². The fourth-order valence-corrected chi connectivity index (χ4v) is 0.364. The summed E-state index contributed by atoms with van der Waals surface area (Å²) in [5.41, 5.74) is 0. The van der Waals surface area contributed by atoms with Crippen molar-refractivity contribution in [3.8, 4) is 0 Å². The smallest absolute Gasteiger partial charge is 0.0589 e. The van der Waals surface area contributed by atoms with Gasteiger partial charge in [-0.05, 0) is 14.0 Å². The first-order valence-electron chi connectivity index (χ1n) is 2.80. The van der Waals surface area contributed by atoms with Crippen molar-refractivity contribution < 1.29 is 4.74 Å². The van der Waals surface area contributed by atoms with Crippen molar-refractivity contribution in [2.45, 2.75) is 6.92 Å². The van der Waals surface area contributed by atoms with Crippen molar-refractivity contribution in [3.63, 3.8) is 0 Å². The van der Waals surface area contributed by atoms with E-state index in [0.29, 0.717) is 0 Å². The van der Waals surface area contributed by atoms with Crippen LogP contribution < -0.4 is 0 Å². The minimum Gasteiger partial charge on any atom is -0.383 e. The van der Waals surface area contributed by atoms with Gasteiger partial charge in [0.25, 0.3) is 0 Å². The third-order valence-corrected chi connectivity index (χ3v) is 1.09. The molecule has 0 unspecified atom stereocenters. The molecule has 0 amide bonds. The Morgan fingerprint density at radius 2 is 2.25 bits per heavy atom. The summed E-state index contributed by atoms with van der Waals surface area (Å²) in [6, 6.07) is 0. The highest BCUT2D eigenvalue weighted by atomic mass is 16.5. The van der Waals surface area contributed by atoms with Gasteiger partial charge in [0.05, 0.1) is 6.61 Å². The van der Waals surface area contributed by atoms with Gasteiger partial charge in [-0.3, -0.25) is 4.90 Å². The van der Waals surface area contributed by atoms with E-state index in [4.69, 9.17) is 4.74 Å². The quantitative estimate of drug-likeness (QED) is 0.537. The van der Waals surface area contributed by atoms with Crippen LogP contribution in [0.1, 0.15) is 6.92 Å². The highest BCUT2D eigenvalue weighted by Crippen LogP contribution is 1.83. The molecule has 0 atom stereocenters. The normalized spacial score (nSPS) is 10.5. The molecular formula is C6H14NO. The maximum absolute atomic E-state index is 4.85. The summed E-state index contributed by atoms with van der Waals surface area (Å²) in [5.74, 6) is 0. The number of hydrogen-bond donors (Lipinski definition) is 0. The monoisotopic (exact) mass is 116 g/mol. The lowest BCUT2D eigenvalue weighted by Crippen LogP contribution is -2.18. The van der Waals surface area contributed by atoms with Gasteiger partial charge < -0.3 is 4.74 Å². The molecule has 0 aromatic carbocycles. The zero-order chi connectivity index (χ0) is 6.41. The van der Waals surface area contributed by atoms with Gasteiger partial charge in [0.15, 0.2) is 0 Å². The van der Waals surface area contributed by atoms with Crippen LogP contribution in [-0.2, 0) is 4.74 Å². The van der Waals surface area contributed by atoms with Crippen LogP contribution in [0.2, 0.25) is 0 Å². The molecule has 0 aromatic heterocycles. The van der Waals surface area contributed by atoms with Gasteiger partial charge in [-0.1, -0.05) is 0 Å². The predicted octanol–water partition coefficient (Wildman–Crippen LogP) is 0.746. The molecule has 0 aliphatic rings. The second-order valence-corrected chi connectivity index (χ2v) is 1.73. The number of ether oxygens (including phenoxy) is 1. The Morgan fingerprint density at radius 1 is 1.62 bits per heavy atom. The Kier molecular flexibility index (Phi) is 5.01. The zero-order valence-corrected chi connectivity index (χ0v) is 5.85. The SMILES string of the molecule is C[CH]N(C)CCOC. The fraction of sp³-hybridized carbons (Fsp3) is 0.833. The molecule has 0 aliphatic carbocycles. The number of hydrogen-bond acceptors (Lipinski definition) is 2. The first kappa shape index (κ1) is 7.92. The molecule has 0 aromatic rings. The van der Waals surface area contributed by atoms with Gasteiger partial charge in [0.2, 0.25) is 0 Å². The lowest BCUT2D eigenvalue weighted by Gasteiger charge is -2.10. The summed E-state index contributed by atoms with van der Waals surface area (Å²) < 4.78 is 4.85. The molecule has 0 N–H and O–H groups in total. The van der Waals surface area contributed by atoms with E-state index in [0.717, 1.165) is 13.2 Å². The largest absolute Gasteiger partial charge is 0.383 e. The first-order valence-corrected chi connectivity index (χ1v) is 2.80. The zero-order valence-electron chi connectivity index (χ0n) is 5.85. The minimum absolute atomic E-state index is 0.806. The fourth-order valence-electron chi connectivity index (χ4n) is 0.364. The molecule has 0 bridgehead atoms. The summed E-state index contributed by atoms with van der Waals surface area (Å²) >= 11 is 0. The highest BCUT2D eigenvalue weighted by molar-refractivity contribution is 4.55. The molecule has 0 saturated heterocycles. The highest BCUT2D eigenvalue weighted by Gasteiger charge is 1.90. The van der Waals surface area contributed by atoms with E-state index in [9.17, 15) is 0 Å². The molecular weight excluding hydrogens is 102 g/mol. The summed E-state index contributed by atoms with van der Waals surface area (Å²) in [7, 11) is 3.74. The molecule has 0 rings (SSSR count). The predicted molar refractivity (Wildman–Crippen MR) is 34.5 cm³/mol. The van der Waals surface area contributed by atoms with Crippen molar-refractivity contribution in [2.24, 2.45) is 0 Å². The van der Waals surface area contributed by atoms with Gasteiger partial charge in [-0.15, -0.1) is 0 Å². The second-order valence-electron chi connectivity index (χ2n) is 1.73. The lowest BCUT2D eigenvalue weighted by molar-refractivity contribution is 0.172. The molecule has 0 spiro atoms. The van der Waals surface area contributed by atoms with E-state index in [1.165, 1.54) is 0 Å². The van der Waals surface area contributed by atoms with Crippen LogP contribution in [0.4, 0.5) is 0 Å². The topological polar surface area (TPSA) is 12.5 Å². The van der Waals surface area contributed by atoms with Crippen molar-refractivity contribution in [1.29, 1.82) is 0 Å². The van der Waals surface area contributed by atoms with Crippen LogP contribution in [0, 0.1) is 6.54 Å². The van der Waals surface area contributed by atoms with Crippen LogP contribution in [0.3, 0.4) is 0 Å². The molecule has 8 heavy (non-hydrogen) atoms. The van der Waals surface area contributed by atoms with Gasteiger partial charge in [0.1, 0.15) is 0 Å². The van der Waals surface area contributed by atoms with Gasteiger partial charge in [-0.2, -0.15) is 0 Å². The van der Waals surface area contributed by atoms with Crippen molar-refractivity contribution >= 4 is 0 Å². The Morgan fingerprint density at radius 3 is 2.62 bits per heavy atom. The van der Waals surface area contributed by atoms with Crippen molar-refractivity contribution in [3.05, 3.63) is 6.54 Å². The van der Waals surface area contributed by atoms with Gasteiger partial charge in [0, 0.05) is 20.2 Å². The molecule has 0 heterocycles. The lowest BCUT2D eigenvalue weighted by atomic mass is 10.5. The molecule has 1 radical (unpaired) electrons. The van der Waals surface area contributed by atoms with E-state index in [1.807, 2.05) is 20.5 Å². The maximum atomic E-state index is 4.85. The summed E-state index contributed by atoms with van der Waals surface area (Å²) in [4.78, 5) is 2.09. The Balaban J connectivity index is 2.86. The molecule has 0 saturated carbocycles. The Bertz CT molecular complexity index is 47.8. The van der Waals surface area contributed by atoms with Crippen LogP contribution in [-0.4, -0.2) is 32.2 Å². The second kappa shape index (κ2) is 5.06. The minimum atomic E-state index is 0.806. The molecule has 2 nitrogen and oxygen atoms in total. The Hall–Kier alpha value is -0.0800. The van der Waals surface area contributed by atoms with E-state index in [2.05, 4.69) is 4.90 Å². The summed E-state index contributed by atoms with van der Waals surface area (Å²) in [6.07, 6.45) is 0. The molecule has 49 valence electrons. The van der Waals surface area contributed by atoms with Gasteiger partial charge in [-0.25, -0.2) is 0 Å². The Labute approximate surface area is 51.4 Å². The van der Waals surface area contributed by atoms with Crippen LogP contribution in [0.5, 0.6) is 0 Å². The van der Waals surface area contributed by atoms with E-state index >= 15 is 0 Å². The van der Waals surface area contributed by atoms with Gasteiger partial charge >= 0.3 is 0 Å². The van der Waals surface area contributed by atoms with E-state index < -0.39 is 0 Å². The third kappa shape index (κ3) is 4.09. The summed E-state index contributed by atoms with van der Waals surface area (Å²) in [5, 5.41) is 0. The maximum Gasteiger partial charge on any atom is 0.0589 e. The molecule has 0 fully saturated rings. The average molecular weight is 116 g/mol. The molecule has 0 aliphatic heterocycles. The number of rotatable bonds is 4.